The number of esters is 1. The molecule has 2 aliphatic heterocycles. The van der Waals surface area contributed by atoms with E-state index in [2.05, 4.69) is 29.1 Å². The van der Waals surface area contributed by atoms with Gasteiger partial charge in [0.05, 0.1) is 10.8 Å². The Morgan fingerprint density at radius 2 is 1.48 bits per heavy atom. The Morgan fingerprint density at radius 3 is 1.79 bits per heavy atom. The summed E-state index contributed by atoms with van der Waals surface area (Å²) in [5.74, 6) is 2.12. The van der Waals surface area contributed by atoms with Crippen molar-refractivity contribution in [3.8, 4) is 0 Å². The van der Waals surface area contributed by atoms with E-state index in [4.69, 9.17) is 4.74 Å². The van der Waals surface area contributed by atoms with Gasteiger partial charge in [-0.2, -0.15) is 23.5 Å². The van der Waals surface area contributed by atoms with Gasteiger partial charge in [0, 0.05) is 41.4 Å². The SMILES string of the molecule is C.C=C(C)C(=O)OC1CSCCC1=O.C=C(C)C(=O)[O-].O=C1CCSCC1Br.[Na+]. The number of ketones is 2. The van der Waals surface area contributed by atoms with E-state index < -0.39 is 18.0 Å². The van der Waals surface area contributed by atoms with Crippen LogP contribution in [-0.2, 0) is 23.9 Å². The van der Waals surface area contributed by atoms with Crippen LogP contribution in [0.3, 0.4) is 0 Å². The van der Waals surface area contributed by atoms with Crippen molar-refractivity contribution in [3.63, 3.8) is 0 Å². The first-order chi connectivity index (χ1) is 12.6. The largest absolute Gasteiger partial charge is 1.00 e. The van der Waals surface area contributed by atoms with Crippen LogP contribution in [0.2, 0.25) is 0 Å². The average Bonchev–Trinajstić information content (AvgIpc) is 2.60. The number of carboxylic acid groups (broad SMARTS) is 1. The van der Waals surface area contributed by atoms with Gasteiger partial charge in [0.1, 0.15) is 5.78 Å². The van der Waals surface area contributed by atoms with Crippen LogP contribution in [0.1, 0.15) is 34.1 Å². The number of hydrogen-bond donors (Lipinski definition) is 0. The normalized spacial score (nSPS) is 20.1. The van der Waals surface area contributed by atoms with Gasteiger partial charge in [0.25, 0.3) is 0 Å². The molecule has 0 aromatic carbocycles. The number of carbonyl (C=O) groups excluding carboxylic acids is 4. The molecule has 0 N–H and O–H groups in total. The van der Waals surface area contributed by atoms with E-state index in [1.165, 1.54) is 6.92 Å². The summed E-state index contributed by atoms with van der Waals surface area (Å²) >= 11 is 6.76. The number of hydrogen-bond acceptors (Lipinski definition) is 8. The van der Waals surface area contributed by atoms with Gasteiger partial charge in [-0.1, -0.05) is 36.5 Å². The van der Waals surface area contributed by atoms with E-state index in [1.54, 1.807) is 18.7 Å². The molecular weight excluding hydrogens is 491 g/mol. The monoisotopic (exact) mass is 518 g/mol. The van der Waals surface area contributed by atoms with Gasteiger partial charge in [-0.25, -0.2) is 4.79 Å². The van der Waals surface area contributed by atoms with Gasteiger partial charge in [0.15, 0.2) is 11.9 Å². The van der Waals surface area contributed by atoms with E-state index in [9.17, 15) is 24.3 Å². The zero-order valence-electron chi connectivity index (χ0n) is 16.5. The molecule has 2 atom stereocenters. The molecule has 0 spiro atoms. The van der Waals surface area contributed by atoms with Crippen LogP contribution in [0.25, 0.3) is 0 Å². The number of halogens is 1. The second-order valence-electron chi connectivity index (χ2n) is 5.79. The fourth-order valence-electron chi connectivity index (χ4n) is 1.56. The molecule has 0 radical (unpaired) electrons. The molecule has 2 saturated heterocycles. The molecule has 0 bridgehead atoms. The van der Waals surface area contributed by atoms with Crippen molar-refractivity contribution in [1.29, 1.82) is 0 Å². The molecular formula is C19H28BrNaO6S2. The minimum Gasteiger partial charge on any atom is -0.545 e. The molecule has 0 aromatic rings. The van der Waals surface area contributed by atoms with Gasteiger partial charge in [0.2, 0.25) is 0 Å². The molecule has 0 saturated carbocycles. The van der Waals surface area contributed by atoms with Crippen molar-refractivity contribution in [2.24, 2.45) is 0 Å². The van der Waals surface area contributed by atoms with E-state index in [0.29, 0.717) is 23.5 Å². The molecule has 160 valence electrons. The second kappa shape index (κ2) is 18.7. The first-order valence-corrected chi connectivity index (χ1v) is 11.4. The van der Waals surface area contributed by atoms with Crippen molar-refractivity contribution in [1.82, 2.24) is 0 Å². The number of thioether (sulfide) groups is 2. The Kier molecular flexibility index (Phi) is 21.6. The van der Waals surface area contributed by atoms with Crippen molar-refractivity contribution >= 4 is 63.0 Å². The molecule has 0 aliphatic carbocycles. The number of alkyl halides is 1. The minimum atomic E-state index is -1.19. The number of rotatable bonds is 3. The zero-order valence-corrected chi connectivity index (χ0v) is 21.7. The summed E-state index contributed by atoms with van der Waals surface area (Å²) in [5.41, 5.74) is 0.401. The number of Topliss-reactive ketones (excluding diaryl/α,β-unsaturated/α-hetero) is 2. The smallest absolute Gasteiger partial charge is 0.545 e. The summed E-state index contributed by atoms with van der Waals surface area (Å²) < 4.78 is 4.96. The summed E-state index contributed by atoms with van der Waals surface area (Å²) in [6, 6.07) is 0. The number of ether oxygens (including phenoxy) is 1. The van der Waals surface area contributed by atoms with Crippen LogP contribution in [0.5, 0.6) is 0 Å². The molecule has 2 unspecified atom stereocenters. The van der Waals surface area contributed by atoms with Crippen molar-refractivity contribution in [3.05, 3.63) is 24.3 Å². The third-order valence-electron chi connectivity index (χ3n) is 3.17. The maximum atomic E-state index is 11.2. The Labute approximate surface area is 212 Å². The van der Waals surface area contributed by atoms with Crippen molar-refractivity contribution in [2.75, 3.05) is 23.0 Å². The van der Waals surface area contributed by atoms with Gasteiger partial charge in [-0.3, -0.25) is 9.59 Å². The Morgan fingerprint density at radius 1 is 1.03 bits per heavy atom. The molecule has 0 aromatic heterocycles. The predicted molar refractivity (Wildman–Crippen MR) is 118 cm³/mol. The number of aliphatic carboxylic acids is 1. The van der Waals surface area contributed by atoms with E-state index in [-0.39, 0.29) is 53.2 Å². The summed E-state index contributed by atoms with van der Waals surface area (Å²) in [7, 11) is 0. The van der Waals surface area contributed by atoms with Crippen LogP contribution in [-0.4, -0.2) is 57.4 Å². The van der Waals surface area contributed by atoms with Gasteiger partial charge >= 0.3 is 35.5 Å². The number of carboxylic acids is 1. The molecule has 2 rings (SSSR count). The van der Waals surface area contributed by atoms with Crippen molar-refractivity contribution < 1.29 is 58.6 Å². The average molecular weight is 519 g/mol. The topological polar surface area (TPSA) is 101 Å². The molecule has 0 amide bonds. The van der Waals surface area contributed by atoms with E-state index in [0.717, 1.165) is 23.7 Å². The summed E-state index contributed by atoms with van der Waals surface area (Å²) in [4.78, 5) is 42.7. The van der Waals surface area contributed by atoms with Crippen molar-refractivity contribution in [2.45, 2.75) is 45.0 Å². The predicted octanol–water partition coefficient (Wildman–Crippen LogP) is -0.411. The van der Waals surface area contributed by atoms with Crippen LogP contribution in [0, 0.1) is 0 Å². The van der Waals surface area contributed by atoms with Gasteiger partial charge in [-0.05, 0) is 19.4 Å². The first-order valence-electron chi connectivity index (χ1n) is 8.14. The summed E-state index contributed by atoms with van der Waals surface area (Å²) in [6.45, 7) is 9.50. The minimum absolute atomic E-state index is 0. The van der Waals surface area contributed by atoms with Crippen LogP contribution >= 0.6 is 39.5 Å². The zero-order chi connectivity index (χ0) is 21.0. The number of carbonyl (C=O) groups is 4. The molecule has 6 nitrogen and oxygen atoms in total. The summed E-state index contributed by atoms with van der Waals surface area (Å²) in [6.07, 6.45) is 0.697. The quantitative estimate of drug-likeness (QED) is 0.215. The van der Waals surface area contributed by atoms with Gasteiger partial charge in [-0.15, -0.1) is 0 Å². The third kappa shape index (κ3) is 16.3. The Balaban J connectivity index is -0.000000367. The first kappa shape index (κ1) is 33.6. The molecule has 10 heteroatoms. The molecule has 2 aliphatic rings. The van der Waals surface area contributed by atoms with E-state index >= 15 is 0 Å². The standard InChI is InChI=1S/C9H12O3S.C5H7BrOS.C4H6O2.CH4.Na/c1-6(2)9(11)12-8-5-13-4-3-7(8)10;6-4-3-8-2-1-5(4)7;1-3(2)4(5)6;;/h8H,1,3-5H2,2H3;4H,1-3H2;1H2,2H3,(H,5,6);1H4;/q;;;;+1/p-1. The van der Waals surface area contributed by atoms with Crippen LogP contribution < -0.4 is 34.7 Å². The molecule has 2 heterocycles. The fraction of sp³-hybridized carbons (Fsp3) is 0.579. The maximum Gasteiger partial charge on any atom is 1.00 e. The van der Waals surface area contributed by atoms with Crippen LogP contribution in [0.4, 0.5) is 0 Å². The third-order valence-corrected chi connectivity index (χ3v) is 6.53. The van der Waals surface area contributed by atoms with E-state index in [1.807, 2.05) is 11.8 Å². The Hall–Kier alpha value is -0.0600. The molecule has 2 fully saturated rings. The summed E-state index contributed by atoms with van der Waals surface area (Å²) in [5, 5.41) is 9.49. The molecule has 29 heavy (non-hydrogen) atoms. The van der Waals surface area contributed by atoms with Gasteiger partial charge < -0.3 is 14.6 Å². The van der Waals surface area contributed by atoms with Crippen LogP contribution in [0.15, 0.2) is 24.3 Å². The Bertz CT molecular complexity index is 585. The fourth-order valence-corrected chi connectivity index (χ4v) is 4.23. The maximum absolute atomic E-state index is 11.2. The second-order valence-corrected chi connectivity index (χ2v) is 9.20.